The molecular weight excluding hydrogens is 354 g/mol. The summed E-state index contributed by atoms with van der Waals surface area (Å²) < 4.78 is 0. The Kier molecular flexibility index (Phi) is 5.79. The third-order valence-corrected chi connectivity index (χ3v) is 4.45. The predicted octanol–water partition coefficient (Wildman–Crippen LogP) is 4.07. The molecule has 0 aliphatic rings. The number of aryl methyl sites for hydroxylation is 2. The van der Waals surface area contributed by atoms with Gasteiger partial charge < -0.3 is 10.4 Å². The van der Waals surface area contributed by atoms with Crippen LogP contribution in [0.2, 0.25) is 0 Å². The zero-order valence-corrected chi connectivity index (χ0v) is 15.8. The number of phenols is 1. The van der Waals surface area contributed by atoms with Crippen molar-refractivity contribution in [3.63, 3.8) is 0 Å². The van der Waals surface area contributed by atoms with E-state index in [1.807, 2.05) is 26.0 Å². The summed E-state index contributed by atoms with van der Waals surface area (Å²) in [4.78, 5) is 32.8. The first-order valence-corrected chi connectivity index (χ1v) is 8.94. The van der Waals surface area contributed by atoms with Gasteiger partial charge in [0.1, 0.15) is 5.75 Å². The average Bonchev–Trinajstić information content (AvgIpc) is 2.69. The molecule has 0 radical (unpaired) electrons. The molecule has 0 saturated heterocycles. The van der Waals surface area contributed by atoms with E-state index in [-0.39, 0.29) is 30.3 Å². The summed E-state index contributed by atoms with van der Waals surface area (Å²) >= 11 is 0. The van der Waals surface area contributed by atoms with Crippen LogP contribution >= 0.6 is 0 Å². The second-order valence-electron chi connectivity index (χ2n) is 6.62. The zero-order chi connectivity index (χ0) is 20.1. The molecule has 0 unspecified atom stereocenters. The zero-order valence-electron chi connectivity index (χ0n) is 15.8. The molecule has 0 fully saturated rings. The van der Waals surface area contributed by atoms with Crippen LogP contribution in [0, 0.1) is 13.8 Å². The molecule has 3 aromatic rings. The van der Waals surface area contributed by atoms with E-state index in [9.17, 15) is 14.7 Å². The number of hydrogen-bond acceptors (Lipinski definition) is 5. The Labute approximate surface area is 163 Å². The summed E-state index contributed by atoms with van der Waals surface area (Å²) in [6.45, 7) is 3.95. The Bertz CT molecular complexity index is 1010. The summed E-state index contributed by atoms with van der Waals surface area (Å²) in [6.07, 6.45) is 3.21. The van der Waals surface area contributed by atoms with Crippen LogP contribution in [0.5, 0.6) is 5.75 Å². The van der Waals surface area contributed by atoms with Crippen molar-refractivity contribution in [2.75, 3.05) is 5.32 Å². The number of aromatic nitrogens is 2. The minimum Gasteiger partial charge on any atom is -0.508 e. The van der Waals surface area contributed by atoms with Gasteiger partial charge in [-0.3, -0.25) is 9.59 Å². The van der Waals surface area contributed by atoms with Crippen molar-refractivity contribution in [2.45, 2.75) is 26.7 Å². The highest BCUT2D eigenvalue weighted by Crippen LogP contribution is 2.20. The fraction of sp³-hybridized carbons (Fsp3) is 0.182. The maximum atomic E-state index is 12.3. The van der Waals surface area contributed by atoms with Crippen molar-refractivity contribution >= 4 is 17.4 Å². The van der Waals surface area contributed by atoms with Crippen LogP contribution in [0.1, 0.15) is 34.3 Å². The molecular formula is C22H21N3O3. The van der Waals surface area contributed by atoms with E-state index in [0.29, 0.717) is 22.6 Å². The van der Waals surface area contributed by atoms with E-state index in [1.54, 1.807) is 30.3 Å². The summed E-state index contributed by atoms with van der Waals surface area (Å²) in [5, 5.41) is 12.2. The van der Waals surface area contributed by atoms with Crippen molar-refractivity contribution in [3.8, 4) is 17.1 Å². The van der Waals surface area contributed by atoms with Crippen LogP contribution in [0.3, 0.4) is 0 Å². The van der Waals surface area contributed by atoms with Crippen molar-refractivity contribution in [1.82, 2.24) is 9.97 Å². The molecule has 2 aromatic carbocycles. The van der Waals surface area contributed by atoms with E-state index in [0.717, 1.165) is 11.1 Å². The number of rotatable bonds is 6. The number of nitrogens with zero attached hydrogens (tertiary/aromatic N) is 2. The Morgan fingerprint density at radius 1 is 0.964 bits per heavy atom. The molecule has 0 spiro atoms. The Morgan fingerprint density at radius 2 is 1.71 bits per heavy atom. The van der Waals surface area contributed by atoms with Crippen LogP contribution in [-0.4, -0.2) is 26.8 Å². The van der Waals surface area contributed by atoms with E-state index in [1.165, 1.54) is 12.4 Å². The molecule has 1 amide bonds. The second kappa shape index (κ2) is 8.43. The van der Waals surface area contributed by atoms with Crippen LogP contribution in [-0.2, 0) is 4.79 Å². The molecule has 0 aliphatic carbocycles. The summed E-state index contributed by atoms with van der Waals surface area (Å²) in [6, 6.07) is 12.2. The van der Waals surface area contributed by atoms with Crippen molar-refractivity contribution in [3.05, 3.63) is 71.5 Å². The number of carbonyl (C=O) groups excluding carboxylic acids is 2. The van der Waals surface area contributed by atoms with E-state index in [2.05, 4.69) is 15.3 Å². The largest absolute Gasteiger partial charge is 0.508 e. The molecule has 0 saturated carbocycles. The van der Waals surface area contributed by atoms with Crippen LogP contribution in [0.15, 0.2) is 54.9 Å². The Morgan fingerprint density at radius 3 is 2.39 bits per heavy atom. The standard InChI is InChI=1S/C22H21N3O3/c1-14-6-7-16(10-15(14)2)20(27)8-9-21(28)25-18-12-23-22(24-13-18)17-4-3-5-19(26)11-17/h3-7,10-13,26H,8-9H2,1-2H3,(H,25,28). The third-order valence-electron chi connectivity index (χ3n) is 4.45. The highest BCUT2D eigenvalue weighted by atomic mass is 16.3. The van der Waals surface area contributed by atoms with E-state index in [4.69, 9.17) is 0 Å². The monoisotopic (exact) mass is 375 g/mol. The summed E-state index contributed by atoms with van der Waals surface area (Å²) in [5.41, 5.74) is 3.93. The van der Waals surface area contributed by atoms with Gasteiger partial charge in [0, 0.05) is 24.0 Å². The number of hydrogen-bond donors (Lipinski definition) is 2. The molecule has 28 heavy (non-hydrogen) atoms. The molecule has 6 nitrogen and oxygen atoms in total. The SMILES string of the molecule is Cc1ccc(C(=O)CCC(=O)Nc2cnc(-c3cccc(O)c3)nc2)cc1C. The lowest BCUT2D eigenvalue weighted by atomic mass is 10.0. The molecule has 1 aromatic heterocycles. The smallest absolute Gasteiger partial charge is 0.224 e. The lowest BCUT2D eigenvalue weighted by Crippen LogP contribution is -2.14. The van der Waals surface area contributed by atoms with Gasteiger partial charge in [-0.05, 0) is 43.2 Å². The molecule has 0 bridgehead atoms. The number of benzene rings is 2. The Balaban J connectivity index is 1.56. The second-order valence-corrected chi connectivity index (χ2v) is 6.62. The van der Waals surface area contributed by atoms with Gasteiger partial charge in [-0.25, -0.2) is 9.97 Å². The number of anilines is 1. The van der Waals surface area contributed by atoms with Crippen molar-refractivity contribution < 1.29 is 14.7 Å². The number of aromatic hydroxyl groups is 1. The highest BCUT2D eigenvalue weighted by Gasteiger charge is 2.11. The first-order valence-electron chi connectivity index (χ1n) is 8.94. The number of phenolic OH excluding ortho intramolecular Hbond substituents is 1. The molecule has 2 N–H and O–H groups in total. The fourth-order valence-corrected chi connectivity index (χ4v) is 2.70. The third kappa shape index (κ3) is 4.79. The van der Waals surface area contributed by atoms with Gasteiger partial charge >= 0.3 is 0 Å². The predicted molar refractivity (Wildman–Crippen MR) is 107 cm³/mol. The quantitative estimate of drug-likeness (QED) is 0.634. The minimum atomic E-state index is -0.272. The molecule has 0 aliphatic heterocycles. The lowest BCUT2D eigenvalue weighted by Gasteiger charge is -2.07. The van der Waals surface area contributed by atoms with E-state index < -0.39 is 0 Å². The maximum Gasteiger partial charge on any atom is 0.224 e. The first-order chi connectivity index (χ1) is 13.4. The lowest BCUT2D eigenvalue weighted by molar-refractivity contribution is -0.116. The summed E-state index contributed by atoms with van der Waals surface area (Å²) in [7, 11) is 0. The van der Waals surface area contributed by atoms with Gasteiger partial charge in [0.05, 0.1) is 18.1 Å². The van der Waals surface area contributed by atoms with Crippen LogP contribution in [0.25, 0.3) is 11.4 Å². The number of carbonyl (C=O) groups is 2. The molecule has 0 atom stereocenters. The molecule has 3 rings (SSSR count). The number of ketones is 1. The highest BCUT2D eigenvalue weighted by molar-refractivity contribution is 6.00. The van der Waals surface area contributed by atoms with Crippen LogP contribution in [0.4, 0.5) is 5.69 Å². The number of Topliss-reactive ketones (excluding diaryl/α,β-unsaturated/α-hetero) is 1. The molecule has 142 valence electrons. The Hall–Kier alpha value is -3.54. The molecule has 6 heteroatoms. The van der Waals surface area contributed by atoms with Gasteiger partial charge in [0.15, 0.2) is 11.6 Å². The van der Waals surface area contributed by atoms with Gasteiger partial charge in [-0.2, -0.15) is 0 Å². The number of nitrogens with one attached hydrogen (secondary N) is 1. The topological polar surface area (TPSA) is 92.2 Å². The molecule has 1 heterocycles. The van der Waals surface area contributed by atoms with Gasteiger partial charge in [0.25, 0.3) is 0 Å². The van der Waals surface area contributed by atoms with E-state index >= 15 is 0 Å². The van der Waals surface area contributed by atoms with Gasteiger partial charge in [-0.15, -0.1) is 0 Å². The number of amides is 1. The maximum absolute atomic E-state index is 12.3. The van der Waals surface area contributed by atoms with Crippen molar-refractivity contribution in [1.29, 1.82) is 0 Å². The van der Waals surface area contributed by atoms with Crippen LogP contribution < -0.4 is 5.32 Å². The first kappa shape index (κ1) is 19.2. The van der Waals surface area contributed by atoms with Gasteiger partial charge in [0.2, 0.25) is 5.91 Å². The fourth-order valence-electron chi connectivity index (χ4n) is 2.70. The van der Waals surface area contributed by atoms with Gasteiger partial charge in [-0.1, -0.05) is 24.3 Å². The minimum absolute atomic E-state index is 0.0614. The average molecular weight is 375 g/mol. The normalized spacial score (nSPS) is 10.5. The summed E-state index contributed by atoms with van der Waals surface area (Å²) in [5.74, 6) is 0.241. The van der Waals surface area contributed by atoms with Crippen molar-refractivity contribution in [2.24, 2.45) is 0 Å².